The third kappa shape index (κ3) is 8.59. The van der Waals surface area contributed by atoms with E-state index in [0.717, 1.165) is 62.1 Å². The number of carbonyl (C=O) groups is 2. The standard InChI is InChI=1S/C39H46N6O5S/c1-5-29(6-2)41-38(48)42-30-13-16-35(27(21-30)25-49-4)50-36-22-40-39(51-36)43(3)37(47)26-11-14-31(15-12-26)45-24-28(33-9-7-8-10-34(33)45)23-44-19-17-32(46)18-20-44/h7-16,21-22,24,29,32,46H,5-6,17-20,23,25H2,1-4H3,(H2,41,42,48). The van der Waals surface area contributed by atoms with Crippen molar-refractivity contribution in [1.82, 2.24) is 19.8 Å². The Balaban J connectivity index is 1.12. The van der Waals surface area contributed by atoms with Crippen LogP contribution in [0.15, 0.2) is 79.1 Å². The number of nitrogens with one attached hydrogen (secondary N) is 2. The summed E-state index contributed by atoms with van der Waals surface area (Å²) in [6.45, 7) is 6.96. The van der Waals surface area contributed by atoms with Crippen molar-refractivity contribution < 1.29 is 24.2 Å². The number of methoxy groups -OCH3 is 1. The molecular weight excluding hydrogens is 665 g/mol. The number of amides is 3. The molecule has 12 heteroatoms. The van der Waals surface area contributed by atoms with Crippen LogP contribution in [0.5, 0.6) is 10.8 Å². The fourth-order valence-electron chi connectivity index (χ4n) is 6.38. The van der Waals surface area contributed by atoms with Gasteiger partial charge in [-0.2, -0.15) is 0 Å². The normalized spacial score (nSPS) is 13.8. The molecule has 6 rings (SSSR count). The molecule has 1 saturated heterocycles. The van der Waals surface area contributed by atoms with Gasteiger partial charge < -0.3 is 29.8 Å². The molecule has 3 aromatic carbocycles. The van der Waals surface area contributed by atoms with Crippen LogP contribution < -0.4 is 20.3 Å². The number of anilines is 2. The van der Waals surface area contributed by atoms with E-state index >= 15 is 0 Å². The van der Waals surface area contributed by atoms with Crippen LogP contribution in [0, 0.1) is 0 Å². The molecule has 1 aliphatic rings. The maximum absolute atomic E-state index is 13.6. The molecule has 0 bridgehead atoms. The number of para-hydroxylation sites is 1. The van der Waals surface area contributed by atoms with Gasteiger partial charge in [-0.05, 0) is 79.8 Å². The van der Waals surface area contributed by atoms with Gasteiger partial charge in [-0.1, -0.05) is 43.4 Å². The van der Waals surface area contributed by atoms with Gasteiger partial charge in [0, 0.05) is 73.9 Å². The van der Waals surface area contributed by atoms with Gasteiger partial charge in [-0.15, -0.1) is 0 Å². The molecule has 0 spiro atoms. The second kappa shape index (κ2) is 16.5. The first kappa shape index (κ1) is 36.1. The van der Waals surface area contributed by atoms with Gasteiger partial charge in [0.15, 0.2) is 5.13 Å². The predicted octanol–water partition coefficient (Wildman–Crippen LogP) is 7.57. The number of carbonyl (C=O) groups excluding carboxylic acids is 2. The van der Waals surface area contributed by atoms with E-state index in [4.69, 9.17) is 9.47 Å². The highest BCUT2D eigenvalue weighted by atomic mass is 32.1. The number of nitrogens with zero attached hydrogens (tertiary/aromatic N) is 4. The van der Waals surface area contributed by atoms with Crippen molar-refractivity contribution in [3.63, 3.8) is 0 Å². The number of benzene rings is 3. The van der Waals surface area contributed by atoms with Crippen LogP contribution in [-0.4, -0.2) is 70.9 Å². The number of likely N-dealkylation sites (tertiary alicyclic amines) is 1. The molecule has 5 aromatic rings. The van der Waals surface area contributed by atoms with Crippen LogP contribution in [0.3, 0.4) is 0 Å². The van der Waals surface area contributed by atoms with Crippen molar-refractivity contribution in [1.29, 1.82) is 0 Å². The monoisotopic (exact) mass is 710 g/mol. The Kier molecular flexibility index (Phi) is 11.7. The van der Waals surface area contributed by atoms with Gasteiger partial charge in [0.05, 0.1) is 24.4 Å². The Bertz CT molecular complexity index is 1950. The molecule has 3 amide bonds. The van der Waals surface area contributed by atoms with E-state index in [1.807, 2.05) is 50.2 Å². The first-order valence-corrected chi connectivity index (χ1v) is 18.3. The van der Waals surface area contributed by atoms with E-state index in [9.17, 15) is 14.7 Å². The third-order valence-corrected chi connectivity index (χ3v) is 10.3. The van der Waals surface area contributed by atoms with E-state index in [2.05, 4.69) is 49.5 Å². The Hall–Kier alpha value is -4.75. The largest absolute Gasteiger partial charge is 0.445 e. The van der Waals surface area contributed by atoms with Crippen molar-refractivity contribution in [3.8, 4) is 16.5 Å². The molecule has 1 aliphatic heterocycles. The molecule has 11 nitrogen and oxygen atoms in total. The molecule has 2 aromatic heterocycles. The summed E-state index contributed by atoms with van der Waals surface area (Å²) in [7, 11) is 3.30. The second-order valence-corrected chi connectivity index (χ2v) is 13.9. The molecule has 3 heterocycles. The lowest BCUT2D eigenvalue weighted by atomic mass is 10.1. The minimum Gasteiger partial charge on any atom is -0.445 e. The maximum Gasteiger partial charge on any atom is 0.319 e. The molecule has 1 fully saturated rings. The second-order valence-electron chi connectivity index (χ2n) is 12.9. The summed E-state index contributed by atoms with van der Waals surface area (Å²) >= 11 is 1.26. The highest BCUT2D eigenvalue weighted by Crippen LogP contribution is 2.35. The summed E-state index contributed by atoms with van der Waals surface area (Å²) in [5.41, 5.74) is 5.25. The van der Waals surface area contributed by atoms with Gasteiger partial charge in [0.1, 0.15) is 5.75 Å². The van der Waals surface area contributed by atoms with E-state index < -0.39 is 0 Å². The van der Waals surface area contributed by atoms with Crippen molar-refractivity contribution in [2.75, 3.05) is 37.5 Å². The van der Waals surface area contributed by atoms with E-state index in [1.54, 1.807) is 32.5 Å². The zero-order valence-electron chi connectivity index (χ0n) is 29.6. The summed E-state index contributed by atoms with van der Waals surface area (Å²) < 4.78 is 13.8. The molecule has 51 heavy (non-hydrogen) atoms. The van der Waals surface area contributed by atoms with Gasteiger partial charge >= 0.3 is 6.03 Å². The molecule has 0 atom stereocenters. The molecule has 0 saturated carbocycles. The van der Waals surface area contributed by atoms with Crippen molar-refractivity contribution in [2.45, 2.75) is 64.8 Å². The van der Waals surface area contributed by atoms with Crippen molar-refractivity contribution in [3.05, 3.63) is 95.8 Å². The first-order chi connectivity index (χ1) is 24.8. The highest BCUT2D eigenvalue weighted by Gasteiger charge is 2.21. The number of rotatable bonds is 13. The number of hydrogen-bond acceptors (Lipinski definition) is 8. The third-order valence-electron chi connectivity index (χ3n) is 9.35. The zero-order chi connectivity index (χ0) is 35.9. The average molecular weight is 711 g/mol. The summed E-state index contributed by atoms with van der Waals surface area (Å²) in [4.78, 5) is 34.4. The fourth-order valence-corrected chi connectivity index (χ4v) is 7.13. The van der Waals surface area contributed by atoms with Crippen LogP contribution >= 0.6 is 11.3 Å². The fraction of sp³-hybridized carbons (Fsp3) is 0.359. The van der Waals surface area contributed by atoms with Crippen LogP contribution in [0.4, 0.5) is 15.6 Å². The minimum atomic E-state index is -0.256. The Morgan fingerprint density at radius 1 is 1.04 bits per heavy atom. The van der Waals surface area contributed by atoms with Gasteiger partial charge in [-0.25, -0.2) is 9.78 Å². The predicted molar refractivity (Wildman–Crippen MR) is 202 cm³/mol. The number of fused-ring (bicyclic) bond motifs is 1. The topological polar surface area (TPSA) is 121 Å². The lowest BCUT2D eigenvalue weighted by Gasteiger charge is -2.29. The maximum atomic E-state index is 13.6. The number of urea groups is 1. The molecule has 0 radical (unpaired) electrons. The lowest BCUT2D eigenvalue weighted by molar-refractivity contribution is 0.0794. The van der Waals surface area contributed by atoms with Crippen LogP contribution in [0.1, 0.15) is 61.0 Å². The van der Waals surface area contributed by atoms with Crippen LogP contribution in [0.25, 0.3) is 16.6 Å². The number of aromatic nitrogens is 2. The van der Waals surface area contributed by atoms with Gasteiger partial charge in [0.25, 0.3) is 5.91 Å². The van der Waals surface area contributed by atoms with E-state index in [1.165, 1.54) is 27.2 Å². The minimum absolute atomic E-state index is 0.113. The van der Waals surface area contributed by atoms with Gasteiger partial charge in [0.2, 0.25) is 5.06 Å². The number of ether oxygens (including phenoxy) is 2. The van der Waals surface area contributed by atoms with Crippen LogP contribution in [0.2, 0.25) is 0 Å². The zero-order valence-corrected chi connectivity index (χ0v) is 30.4. The Labute approximate surface area is 302 Å². The number of piperidine rings is 1. The smallest absolute Gasteiger partial charge is 0.319 e. The Morgan fingerprint density at radius 3 is 2.51 bits per heavy atom. The summed E-state index contributed by atoms with van der Waals surface area (Å²) in [6.07, 6.45) is 6.91. The first-order valence-electron chi connectivity index (χ1n) is 17.5. The number of thiazole rings is 1. The lowest BCUT2D eigenvalue weighted by Crippen LogP contribution is -2.37. The van der Waals surface area contributed by atoms with Gasteiger partial charge in [-0.3, -0.25) is 14.6 Å². The SMILES string of the molecule is CCC(CC)NC(=O)Nc1ccc(Oc2cnc(N(C)C(=O)c3ccc(-n4cc(CN5CCC(O)CC5)c5ccccc54)cc3)s2)c(COC)c1. The summed E-state index contributed by atoms with van der Waals surface area (Å²) in [6, 6.07) is 21.2. The average Bonchev–Trinajstić information content (AvgIpc) is 3.77. The van der Waals surface area contributed by atoms with E-state index in [-0.39, 0.29) is 30.7 Å². The molecule has 3 N–H and O–H groups in total. The number of hydrogen-bond donors (Lipinski definition) is 3. The molecule has 0 aliphatic carbocycles. The van der Waals surface area contributed by atoms with Crippen molar-refractivity contribution in [2.24, 2.45) is 0 Å². The van der Waals surface area contributed by atoms with Crippen molar-refractivity contribution >= 4 is 45.0 Å². The summed E-state index contributed by atoms with van der Waals surface area (Å²) in [5.74, 6) is 0.382. The number of aliphatic hydroxyl groups excluding tert-OH is 1. The number of aliphatic hydroxyl groups is 1. The van der Waals surface area contributed by atoms with Crippen LogP contribution in [-0.2, 0) is 17.9 Å². The molecule has 0 unspecified atom stereocenters. The molecular formula is C39H46N6O5S. The molecule has 268 valence electrons. The highest BCUT2D eigenvalue weighted by molar-refractivity contribution is 7.17. The summed E-state index contributed by atoms with van der Waals surface area (Å²) in [5, 5.41) is 18.0. The Morgan fingerprint density at radius 2 is 1.78 bits per heavy atom. The van der Waals surface area contributed by atoms with E-state index in [0.29, 0.717) is 27.2 Å². The quantitative estimate of drug-likeness (QED) is 0.115.